The molecule has 0 aliphatic carbocycles. The van der Waals surface area contributed by atoms with E-state index in [1.165, 1.54) is 12.1 Å². The molecule has 0 N–H and O–H groups in total. The SMILES string of the molecule is Cc1cc(C(=O)N(C)C(C)c2ccccn2)ccc1F. The van der Waals surface area contributed by atoms with Crippen LogP contribution in [0.4, 0.5) is 4.39 Å². The molecule has 0 aliphatic heterocycles. The van der Waals surface area contributed by atoms with E-state index in [2.05, 4.69) is 4.98 Å². The van der Waals surface area contributed by atoms with E-state index in [1.807, 2.05) is 25.1 Å². The summed E-state index contributed by atoms with van der Waals surface area (Å²) < 4.78 is 13.3. The van der Waals surface area contributed by atoms with E-state index in [0.29, 0.717) is 11.1 Å². The molecule has 0 fully saturated rings. The Morgan fingerprint density at radius 1 is 1.30 bits per heavy atom. The summed E-state index contributed by atoms with van der Waals surface area (Å²) in [6.07, 6.45) is 1.70. The van der Waals surface area contributed by atoms with Crippen molar-refractivity contribution in [1.82, 2.24) is 9.88 Å². The van der Waals surface area contributed by atoms with Gasteiger partial charge >= 0.3 is 0 Å². The predicted octanol–water partition coefficient (Wildman–Crippen LogP) is 3.36. The summed E-state index contributed by atoms with van der Waals surface area (Å²) in [7, 11) is 1.72. The smallest absolute Gasteiger partial charge is 0.254 e. The van der Waals surface area contributed by atoms with Gasteiger partial charge in [-0.05, 0) is 49.7 Å². The van der Waals surface area contributed by atoms with Gasteiger partial charge in [0.2, 0.25) is 0 Å². The second kappa shape index (κ2) is 5.82. The van der Waals surface area contributed by atoms with Crippen molar-refractivity contribution in [2.75, 3.05) is 7.05 Å². The molecule has 1 atom stereocenters. The molecule has 1 unspecified atom stereocenters. The van der Waals surface area contributed by atoms with E-state index in [1.54, 1.807) is 31.1 Å². The van der Waals surface area contributed by atoms with Gasteiger partial charge in [-0.15, -0.1) is 0 Å². The van der Waals surface area contributed by atoms with E-state index < -0.39 is 0 Å². The van der Waals surface area contributed by atoms with Crippen LogP contribution in [0.2, 0.25) is 0 Å². The highest BCUT2D eigenvalue weighted by Crippen LogP contribution is 2.19. The Balaban J connectivity index is 2.22. The summed E-state index contributed by atoms with van der Waals surface area (Å²) in [6, 6.07) is 9.85. The Kier molecular flexibility index (Phi) is 4.13. The highest BCUT2D eigenvalue weighted by molar-refractivity contribution is 5.94. The van der Waals surface area contributed by atoms with Crippen LogP contribution in [-0.2, 0) is 0 Å². The lowest BCUT2D eigenvalue weighted by Gasteiger charge is -2.24. The lowest BCUT2D eigenvalue weighted by Crippen LogP contribution is -2.30. The number of hydrogen-bond donors (Lipinski definition) is 0. The van der Waals surface area contributed by atoms with Crippen molar-refractivity contribution in [3.63, 3.8) is 0 Å². The largest absolute Gasteiger partial charge is 0.333 e. The normalized spacial score (nSPS) is 12.0. The Hall–Kier alpha value is -2.23. The minimum atomic E-state index is -0.304. The molecule has 0 saturated heterocycles. The number of halogens is 1. The lowest BCUT2D eigenvalue weighted by molar-refractivity contribution is 0.0739. The lowest BCUT2D eigenvalue weighted by atomic mass is 10.1. The Bertz CT molecular complexity index is 613. The van der Waals surface area contributed by atoms with E-state index in [9.17, 15) is 9.18 Å². The molecule has 0 radical (unpaired) electrons. The fraction of sp³-hybridized carbons (Fsp3) is 0.250. The number of aryl methyl sites for hydroxylation is 1. The third kappa shape index (κ3) is 2.85. The number of amides is 1. The summed E-state index contributed by atoms with van der Waals surface area (Å²) in [5.74, 6) is -0.451. The second-order valence-electron chi connectivity index (χ2n) is 4.81. The van der Waals surface area contributed by atoms with Crippen LogP contribution in [-0.4, -0.2) is 22.8 Å². The number of rotatable bonds is 3. The molecular formula is C16H17FN2O. The van der Waals surface area contributed by atoms with Gasteiger partial charge < -0.3 is 4.90 Å². The van der Waals surface area contributed by atoms with Crippen LogP contribution >= 0.6 is 0 Å². The van der Waals surface area contributed by atoms with Crippen molar-refractivity contribution in [2.45, 2.75) is 19.9 Å². The summed E-state index contributed by atoms with van der Waals surface area (Å²) in [5.41, 5.74) is 1.77. The number of nitrogens with zero attached hydrogens (tertiary/aromatic N) is 2. The van der Waals surface area contributed by atoms with Crippen LogP contribution in [0.3, 0.4) is 0 Å². The third-order valence-corrected chi connectivity index (χ3v) is 3.42. The number of carbonyl (C=O) groups excluding carboxylic acids is 1. The van der Waals surface area contributed by atoms with Gasteiger partial charge in [0, 0.05) is 18.8 Å². The van der Waals surface area contributed by atoms with Crippen molar-refractivity contribution < 1.29 is 9.18 Å². The van der Waals surface area contributed by atoms with Crippen molar-refractivity contribution in [2.24, 2.45) is 0 Å². The maximum atomic E-state index is 13.3. The van der Waals surface area contributed by atoms with Gasteiger partial charge in [-0.3, -0.25) is 9.78 Å². The van der Waals surface area contributed by atoms with Crippen LogP contribution in [0.25, 0.3) is 0 Å². The zero-order valence-electron chi connectivity index (χ0n) is 11.8. The molecule has 20 heavy (non-hydrogen) atoms. The summed E-state index contributed by atoms with van der Waals surface area (Å²) >= 11 is 0. The zero-order valence-corrected chi connectivity index (χ0v) is 11.8. The number of benzene rings is 1. The molecule has 0 aliphatic rings. The molecule has 2 rings (SSSR count). The van der Waals surface area contributed by atoms with Gasteiger partial charge in [-0.25, -0.2) is 4.39 Å². The molecule has 2 aromatic rings. The first kappa shape index (κ1) is 14.2. The molecule has 0 bridgehead atoms. The van der Waals surface area contributed by atoms with Crippen LogP contribution in [0.15, 0.2) is 42.6 Å². The van der Waals surface area contributed by atoms with Crippen molar-refractivity contribution >= 4 is 5.91 Å². The van der Waals surface area contributed by atoms with Gasteiger partial charge in [0.1, 0.15) is 5.82 Å². The minimum absolute atomic E-state index is 0.144. The molecule has 104 valence electrons. The van der Waals surface area contributed by atoms with E-state index >= 15 is 0 Å². The number of carbonyl (C=O) groups is 1. The van der Waals surface area contributed by atoms with Gasteiger partial charge in [0.15, 0.2) is 0 Å². The molecule has 4 heteroatoms. The standard InChI is InChI=1S/C16H17FN2O/c1-11-10-13(7-8-14(11)17)16(20)19(3)12(2)15-6-4-5-9-18-15/h4-10,12H,1-3H3. The van der Waals surface area contributed by atoms with Crippen molar-refractivity contribution in [3.05, 3.63) is 65.2 Å². The summed E-state index contributed by atoms with van der Waals surface area (Å²) in [4.78, 5) is 18.3. The molecule has 1 heterocycles. The average molecular weight is 272 g/mol. The molecule has 3 nitrogen and oxygen atoms in total. The first-order valence-electron chi connectivity index (χ1n) is 6.45. The van der Waals surface area contributed by atoms with Crippen LogP contribution in [0.5, 0.6) is 0 Å². The molecule has 0 saturated carbocycles. The topological polar surface area (TPSA) is 33.2 Å². The first-order chi connectivity index (χ1) is 9.50. The zero-order chi connectivity index (χ0) is 14.7. The molecule has 0 spiro atoms. The van der Waals surface area contributed by atoms with Gasteiger partial charge in [-0.1, -0.05) is 6.07 Å². The van der Waals surface area contributed by atoms with E-state index in [-0.39, 0.29) is 17.8 Å². The highest BCUT2D eigenvalue weighted by Gasteiger charge is 2.20. The van der Waals surface area contributed by atoms with Gasteiger partial charge in [-0.2, -0.15) is 0 Å². The predicted molar refractivity (Wildman–Crippen MR) is 75.9 cm³/mol. The highest BCUT2D eigenvalue weighted by atomic mass is 19.1. The monoisotopic (exact) mass is 272 g/mol. The Morgan fingerprint density at radius 3 is 2.65 bits per heavy atom. The van der Waals surface area contributed by atoms with Crippen LogP contribution < -0.4 is 0 Å². The van der Waals surface area contributed by atoms with E-state index in [0.717, 1.165) is 5.69 Å². The quantitative estimate of drug-likeness (QED) is 0.858. The maximum absolute atomic E-state index is 13.3. The number of aromatic nitrogens is 1. The van der Waals surface area contributed by atoms with Gasteiger partial charge in [0.25, 0.3) is 5.91 Å². The number of pyridine rings is 1. The van der Waals surface area contributed by atoms with Crippen molar-refractivity contribution in [1.29, 1.82) is 0 Å². The van der Waals surface area contributed by atoms with E-state index in [4.69, 9.17) is 0 Å². The molecular weight excluding hydrogens is 255 g/mol. The summed E-state index contributed by atoms with van der Waals surface area (Å²) in [5, 5.41) is 0. The first-order valence-corrected chi connectivity index (χ1v) is 6.45. The van der Waals surface area contributed by atoms with Crippen LogP contribution in [0, 0.1) is 12.7 Å². The Morgan fingerprint density at radius 2 is 2.05 bits per heavy atom. The maximum Gasteiger partial charge on any atom is 0.254 e. The van der Waals surface area contributed by atoms with Gasteiger partial charge in [0.05, 0.1) is 11.7 Å². The fourth-order valence-corrected chi connectivity index (χ4v) is 1.98. The molecule has 1 aromatic heterocycles. The fourth-order valence-electron chi connectivity index (χ4n) is 1.98. The van der Waals surface area contributed by atoms with Crippen molar-refractivity contribution in [3.8, 4) is 0 Å². The third-order valence-electron chi connectivity index (χ3n) is 3.42. The molecule has 1 amide bonds. The number of hydrogen-bond acceptors (Lipinski definition) is 2. The average Bonchev–Trinajstić information content (AvgIpc) is 2.48. The Labute approximate surface area is 118 Å². The molecule has 1 aromatic carbocycles. The van der Waals surface area contributed by atoms with Crippen LogP contribution in [0.1, 0.15) is 34.6 Å². The summed E-state index contributed by atoms with van der Waals surface area (Å²) in [6.45, 7) is 3.56. The second-order valence-corrected chi connectivity index (χ2v) is 4.81. The minimum Gasteiger partial charge on any atom is -0.333 e.